The second kappa shape index (κ2) is 8.79. The summed E-state index contributed by atoms with van der Waals surface area (Å²) >= 11 is 2.59. The second-order valence-electron chi connectivity index (χ2n) is 5.34. The Labute approximate surface area is 155 Å². The largest absolute Gasteiger partial charge is 0.325 e. The SMILES string of the molecule is CSCC[C@@H](NS(=O)(=O)c1cccs1)C(=O)Nc1ccc(C)c(F)c1. The number of thioether (sulfide) groups is 1. The van der Waals surface area contributed by atoms with Gasteiger partial charge in [-0.15, -0.1) is 11.3 Å². The van der Waals surface area contributed by atoms with Crippen LogP contribution < -0.4 is 10.0 Å². The zero-order chi connectivity index (χ0) is 18.4. The molecule has 0 saturated heterocycles. The van der Waals surface area contributed by atoms with E-state index in [2.05, 4.69) is 10.0 Å². The Kier molecular flexibility index (Phi) is 7.00. The standard InChI is InChI=1S/C16H19FN2O3S3/c1-11-5-6-12(10-13(11)17)18-16(20)14(7-9-23-2)19-25(21,22)15-4-3-8-24-15/h3-6,8,10,14,19H,7,9H2,1-2H3,(H,18,20)/t14-/m1/s1. The van der Waals surface area contributed by atoms with Gasteiger partial charge < -0.3 is 5.32 Å². The van der Waals surface area contributed by atoms with Gasteiger partial charge in [-0.05, 0) is 54.5 Å². The molecule has 9 heteroatoms. The smallest absolute Gasteiger partial charge is 0.250 e. The molecule has 1 amide bonds. The van der Waals surface area contributed by atoms with Crippen LogP contribution in [-0.2, 0) is 14.8 Å². The fourth-order valence-corrected chi connectivity index (χ4v) is 4.75. The summed E-state index contributed by atoms with van der Waals surface area (Å²) in [6.07, 6.45) is 2.20. The van der Waals surface area contributed by atoms with Crippen molar-refractivity contribution in [1.29, 1.82) is 0 Å². The Morgan fingerprint density at radius 1 is 1.36 bits per heavy atom. The summed E-state index contributed by atoms with van der Waals surface area (Å²) in [5.41, 5.74) is 0.757. The molecule has 1 aromatic heterocycles. The molecule has 0 aliphatic carbocycles. The fraction of sp³-hybridized carbons (Fsp3) is 0.312. The molecule has 2 N–H and O–H groups in total. The van der Waals surface area contributed by atoms with Crippen molar-refractivity contribution >= 4 is 44.7 Å². The van der Waals surface area contributed by atoms with Crippen LogP contribution in [0.25, 0.3) is 0 Å². The average molecular weight is 403 g/mol. The Bertz CT molecular complexity index is 823. The third-order valence-electron chi connectivity index (χ3n) is 3.42. The lowest BCUT2D eigenvalue weighted by molar-refractivity contribution is -0.117. The van der Waals surface area contributed by atoms with Crippen LogP contribution >= 0.6 is 23.1 Å². The van der Waals surface area contributed by atoms with Crippen molar-refractivity contribution in [3.05, 3.63) is 47.1 Å². The molecule has 0 fully saturated rings. The minimum absolute atomic E-state index is 0.149. The number of thiophene rings is 1. The van der Waals surface area contributed by atoms with Gasteiger partial charge in [0.2, 0.25) is 5.91 Å². The summed E-state index contributed by atoms with van der Waals surface area (Å²) in [6, 6.07) is 6.51. The number of nitrogens with one attached hydrogen (secondary N) is 2. The van der Waals surface area contributed by atoms with Gasteiger partial charge in [-0.2, -0.15) is 16.5 Å². The van der Waals surface area contributed by atoms with Crippen LogP contribution in [0.2, 0.25) is 0 Å². The highest BCUT2D eigenvalue weighted by Gasteiger charge is 2.26. The van der Waals surface area contributed by atoms with E-state index in [9.17, 15) is 17.6 Å². The van der Waals surface area contributed by atoms with Crippen molar-refractivity contribution in [3.8, 4) is 0 Å². The first kappa shape index (κ1) is 19.9. The number of amides is 1. The zero-order valence-electron chi connectivity index (χ0n) is 13.8. The summed E-state index contributed by atoms with van der Waals surface area (Å²) in [5, 5.41) is 4.23. The van der Waals surface area contributed by atoms with Crippen LogP contribution in [0.3, 0.4) is 0 Å². The molecule has 1 aromatic carbocycles. The highest BCUT2D eigenvalue weighted by atomic mass is 32.2. The monoisotopic (exact) mass is 402 g/mol. The molecule has 0 spiro atoms. The summed E-state index contributed by atoms with van der Waals surface area (Å²) in [5.74, 6) is -0.345. The average Bonchev–Trinajstić information content (AvgIpc) is 3.10. The van der Waals surface area contributed by atoms with Crippen molar-refractivity contribution in [2.45, 2.75) is 23.6 Å². The first-order valence-electron chi connectivity index (χ1n) is 7.45. The normalized spacial score (nSPS) is 12.8. The van der Waals surface area contributed by atoms with Gasteiger partial charge in [0.05, 0.1) is 0 Å². The zero-order valence-corrected chi connectivity index (χ0v) is 16.2. The minimum Gasteiger partial charge on any atom is -0.325 e. The second-order valence-corrected chi connectivity index (χ2v) is 9.21. The number of carbonyl (C=O) groups is 1. The molecule has 1 atom stereocenters. The van der Waals surface area contributed by atoms with E-state index in [-0.39, 0.29) is 9.90 Å². The topological polar surface area (TPSA) is 75.3 Å². The quantitative estimate of drug-likeness (QED) is 0.711. The number of anilines is 1. The third kappa shape index (κ3) is 5.53. The number of hydrogen-bond acceptors (Lipinski definition) is 5. The Hall–Kier alpha value is -1.42. The van der Waals surface area contributed by atoms with Crippen LogP contribution in [-0.4, -0.2) is 32.4 Å². The lowest BCUT2D eigenvalue weighted by Crippen LogP contribution is -2.43. The molecule has 5 nitrogen and oxygen atoms in total. The van der Waals surface area contributed by atoms with Gasteiger partial charge in [0.15, 0.2) is 0 Å². The van der Waals surface area contributed by atoms with Gasteiger partial charge in [-0.3, -0.25) is 4.79 Å². The molecule has 0 aliphatic heterocycles. The number of benzene rings is 1. The van der Waals surface area contributed by atoms with Gasteiger partial charge in [-0.25, -0.2) is 12.8 Å². The Morgan fingerprint density at radius 3 is 2.72 bits per heavy atom. The van der Waals surface area contributed by atoms with E-state index < -0.39 is 27.8 Å². The van der Waals surface area contributed by atoms with Crippen molar-refractivity contribution < 1.29 is 17.6 Å². The maximum Gasteiger partial charge on any atom is 0.250 e. The molecule has 136 valence electrons. The van der Waals surface area contributed by atoms with Crippen molar-refractivity contribution in [3.63, 3.8) is 0 Å². The highest BCUT2D eigenvalue weighted by Crippen LogP contribution is 2.18. The predicted octanol–water partition coefficient (Wildman–Crippen LogP) is 3.23. The number of aryl methyl sites for hydroxylation is 1. The number of rotatable bonds is 8. The maximum absolute atomic E-state index is 13.6. The molecule has 2 rings (SSSR count). The molecule has 0 unspecified atom stereocenters. The maximum atomic E-state index is 13.6. The summed E-state index contributed by atoms with van der Waals surface area (Å²) in [7, 11) is -3.77. The first-order valence-corrected chi connectivity index (χ1v) is 11.2. The Balaban J connectivity index is 2.15. The molecular weight excluding hydrogens is 383 g/mol. The molecule has 2 aromatic rings. The summed E-state index contributed by atoms with van der Waals surface area (Å²) < 4.78 is 41.0. The first-order chi connectivity index (χ1) is 11.8. The van der Waals surface area contributed by atoms with Crippen LogP contribution in [0.15, 0.2) is 39.9 Å². The molecule has 0 aliphatic rings. The molecular formula is C16H19FN2O3S3. The van der Waals surface area contributed by atoms with Gasteiger partial charge in [0.25, 0.3) is 10.0 Å². The lowest BCUT2D eigenvalue weighted by atomic mass is 10.2. The van der Waals surface area contributed by atoms with Crippen LogP contribution in [0.5, 0.6) is 0 Å². The van der Waals surface area contributed by atoms with Gasteiger partial charge in [0.1, 0.15) is 16.1 Å². The van der Waals surface area contributed by atoms with Crippen molar-refractivity contribution in [1.82, 2.24) is 4.72 Å². The van der Waals surface area contributed by atoms with Gasteiger partial charge in [-0.1, -0.05) is 12.1 Å². The summed E-state index contributed by atoms with van der Waals surface area (Å²) in [6.45, 7) is 1.62. The number of carbonyl (C=O) groups excluding carboxylic acids is 1. The molecule has 0 radical (unpaired) electrons. The van der Waals surface area contributed by atoms with Crippen LogP contribution in [0.1, 0.15) is 12.0 Å². The molecule has 0 bridgehead atoms. The van der Waals surface area contributed by atoms with E-state index >= 15 is 0 Å². The van der Waals surface area contributed by atoms with Gasteiger partial charge >= 0.3 is 0 Å². The van der Waals surface area contributed by atoms with E-state index in [1.807, 2.05) is 6.26 Å². The van der Waals surface area contributed by atoms with Gasteiger partial charge in [0, 0.05) is 5.69 Å². The highest BCUT2D eigenvalue weighted by molar-refractivity contribution is 7.98. The van der Waals surface area contributed by atoms with E-state index in [1.165, 1.54) is 23.9 Å². The van der Waals surface area contributed by atoms with E-state index in [0.29, 0.717) is 17.7 Å². The predicted molar refractivity (Wildman–Crippen MR) is 101 cm³/mol. The van der Waals surface area contributed by atoms with E-state index in [1.54, 1.807) is 30.5 Å². The molecule has 25 heavy (non-hydrogen) atoms. The number of sulfonamides is 1. The fourth-order valence-electron chi connectivity index (χ4n) is 2.04. The van der Waals surface area contributed by atoms with E-state index in [0.717, 1.165) is 11.3 Å². The Morgan fingerprint density at radius 2 is 2.12 bits per heavy atom. The number of halogens is 1. The molecule has 1 heterocycles. The molecule has 0 saturated carbocycles. The van der Waals surface area contributed by atoms with Crippen LogP contribution in [0, 0.1) is 12.7 Å². The van der Waals surface area contributed by atoms with E-state index in [4.69, 9.17) is 0 Å². The minimum atomic E-state index is -3.77. The number of hydrogen-bond donors (Lipinski definition) is 2. The van der Waals surface area contributed by atoms with Crippen molar-refractivity contribution in [2.75, 3.05) is 17.3 Å². The third-order valence-corrected chi connectivity index (χ3v) is 6.94. The van der Waals surface area contributed by atoms with Crippen molar-refractivity contribution in [2.24, 2.45) is 0 Å². The lowest BCUT2D eigenvalue weighted by Gasteiger charge is -2.18. The summed E-state index contributed by atoms with van der Waals surface area (Å²) in [4.78, 5) is 12.5. The van der Waals surface area contributed by atoms with Crippen LogP contribution in [0.4, 0.5) is 10.1 Å².